The molecule has 13 heteroatoms. The van der Waals surface area contributed by atoms with Crippen LogP contribution in [0.15, 0.2) is 47.2 Å². The lowest BCUT2D eigenvalue weighted by molar-refractivity contribution is -0.153. The van der Waals surface area contributed by atoms with E-state index >= 15 is 0 Å². The Hall–Kier alpha value is -4.72. The summed E-state index contributed by atoms with van der Waals surface area (Å²) in [6.45, 7) is 0.292. The van der Waals surface area contributed by atoms with Gasteiger partial charge < -0.3 is 41.9 Å². The highest BCUT2D eigenvalue weighted by Crippen LogP contribution is 2.54. The topological polar surface area (TPSA) is 226 Å². The Balaban J connectivity index is 1.68. The maximum atomic E-state index is 14.1. The number of phenolic OH excluding ortho intramolecular Hbond substituents is 1. The normalized spacial score (nSPS) is 24.6. The van der Waals surface area contributed by atoms with E-state index in [-0.39, 0.29) is 36.3 Å². The van der Waals surface area contributed by atoms with E-state index in [4.69, 9.17) is 16.2 Å². The summed E-state index contributed by atoms with van der Waals surface area (Å²) in [6.07, 6.45) is 0.0840. The van der Waals surface area contributed by atoms with Gasteiger partial charge in [0.1, 0.15) is 28.6 Å². The first-order valence-corrected chi connectivity index (χ1v) is 13.9. The number of hydrogen-bond acceptors (Lipinski definition) is 11. The summed E-state index contributed by atoms with van der Waals surface area (Å²) in [5, 5.41) is 48.2. The van der Waals surface area contributed by atoms with E-state index in [1.54, 1.807) is 32.3 Å². The van der Waals surface area contributed by atoms with Crippen molar-refractivity contribution in [3.8, 4) is 22.6 Å². The highest BCUT2D eigenvalue weighted by molar-refractivity contribution is 6.24. The highest BCUT2D eigenvalue weighted by atomic mass is 16.5. The molecular formula is C31H34N4O9. The number of Topliss-reactive ketones (excluding diaryl/α,β-unsaturated/α-hetero) is 2. The van der Waals surface area contributed by atoms with Gasteiger partial charge in [0, 0.05) is 23.6 Å². The molecule has 9 N–H and O–H groups in total. The standard InChI is InChI=1S/C31H34N4O9/c1-35(2)25-18-10-14-9-17-15(16-8-13(4-7-20(16)44-3)11-34-12-21(32)37)5-6-19(36)23(17)26(38)22(14)28(40)31(18,43)29(41)24(27(25)39)30(33)42/h4-8,14,18,25,34,36,38,41,43H,9-12H2,1-3H3,(H2,32,37)(H2,33,42)/t14-,18-,25-,31-/m0/s1. The molecule has 13 nitrogen and oxygen atoms in total. The molecule has 2 amide bonds. The van der Waals surface area contributed by atoms with E-state index in [1.165, 1.54) is 18.1 Å². The minimum atomic E-state index is -2.72. The van der Waals surface area contributed by atoms with Gasteiger partial charge in [-0.05, 0) is 67.7 Å². The quantitative estimate of drug-likeness (QED) is 0.201. The maximum Gasteiger partial charge on any atom is 0.255 e. The first kappa shape index (κ1) is 30.7. The minimum Gasteiger partial charge on any atom is -0.508 e. The molecule has 2 aromatic rings. The van der Waals surface area contributed by atoms with Crippen LogP contribution < -0.4 is 21.5 Å². The number of fused-ring (bicyclic) bond motifs is 3. The largest absolute Gasteiger partial charge is 0.508 e. The second-order valence-electron chi connectivity index (χ2n) is 11.6. The maximum absolute atomic E-state index is 14.1. The van der Waals surface area contributed by atoms with Crippen molar-refractivity contribution in [3.05, 3.63) is 63.9 Å². The molecule has 0 radical (unpaired) electrons. The number of phenols is 1. The predicted octanol–water partition coefficient (Wildman–Crippen LogP) is 0.215. The number of methoxy groups -OCH3 is 1. The van der Waals surface area contributed by atoms with Crippen molar-refractivity contribution in [3.63, 3.8) is 0 Å². The predicted molar refractivity (Wildman–Crippen MR) is 157 cm³/mol. The number of ketones is 2. The van der Waals surface area contributed by atoms with E-state index in [1.807, 2.05) is 6.07 Å². The van der Waals surface area contributed by atoms with Crippen molar-refractivity contribution in [2.24, 2.45) is 23.3 Å². The van der Waals surface area contributed by atoms with Crippen LogP contribution >= 0.6 is 0 Å². The van der Waals surface area contributed by atoms with Crippen LogP contribution in [0.1, 0.15) is 23.1 Å². The van der Waals surface area contributed by atoms with Crippen LogP contribution in [0.3, 0.4) is 0 Å². The lowest BCUT2D eigenvalue weighted by Crippen LogP contribution is -2.65. The molecule has 3 aliphatic rings. The van der Waals surface area contributed by atoms with Crippen molar-refractivity contribution in [1.82, 2.24) is 10.2 Å². The second kappa shape index (κ2) is 11.1. The van der Waals surface area contributed by atoms with Gasteiger partial charge in [0.05, 0.1) is 25.3 Å². The molecule has 0 aliphatic heterocycles. The Kier molecular flexibility index (Phi) is 7.74. The molecule has 1 fully saturated rings. The van der Waals surface area contributed by atoms with Gasteiger partial charge in [-0.15, -0.1) is 0 Å². The Morgan fingerprint density at radius 3 is 2.41 bits per heavy atom. The highest BCUT2D eigenvalue weighted by Gasteiger charge is 2.64. The van der Waals surface area contributed by atoms with E-state index < -0.39 is 64.0 Å². The average molecular weight is 607 g/mol. The van der Waals surface area contributed by atoms with Crippen molar-refractivity contribution in [2.75, 3.05) is 27.7 Å². The van der Waals surface area contributed by atoms with Crippen LogP contribution in [0.5, 0.6) is 11.5 Å². The summed E-state index contributed by atoms with van der Waals surface area (Å²) >= 11 is 0. The minimum absolute atomic E-state index is 0.0250. The zero-order valence-corrected chi connectivity index (χ0v) is 24.4. The molecule has 1 saturated carbocycles. The molecule has 0 aromatic heterocycles. The number of aromatic hydroxyl groups is 1. The van der Waals surface area contributed by atoms with E-state index in [0.29, 0.717) is 29.0 Å². The number of amides is 2. The summed E-state index contributed by atoms with van der Waals surface area (Å²) in [7, 11) is 4.58. The summed E-state index contributed by atoms with van der Waals surface area (Å²) < 4.78 is 5.61. The lowest BCUT2D eigenvalue weighted by Gasteiger charge is -2.50. The average Bonchev–Trinajstić information content (AvgIpc) is 2.94. The van der Waals surface area contributed by atoms with Crippen LogP contribution in [0, 0.1) is 11.8 Å². The summed E-state index contributed by atoms with van der Waals surface area (Å²) in [4.78, 5) is 52.2. The number of nitrogens with zero attached hydrogens (tertiary/aromatic N) is 1. The van der Waals surface area contributed by atoms with Crippen LogP contribution in [-0.2, 0) is 32.1 Å². The number of nitrogens with one attached hydrogen (secondary N) is 1. The van der Waals surface area contributed by atoms with Gasteiger partial charge in [0.25, 0.3) is 5.91 Å². The van der Waals surface area contributed by atoms with Crippen LogP contribution in [0.2, 0.25) is 0 Å². The number of ether oxygens (including phenoxy) is 1. The first-order chi connectivity index (χ1) is 20.7. The van der Waals surface area contributed by atoms with Gasteiger partial charge in [0.2, 0.25) is 11.7 Å². The van der Waals surface area contributed by atoms with Gasteiger partial charge in [-0.2, -0.15) is 0 Å². The van der Waals surface area contributed by atoms with E-state index in [0.717, 1.165) is 5.56 Å². The molecule has 3 aliphatic carbocycles. The number of benzene rings is 2. The molecule has 0 bridgehead atoms. The summed E-state index contributed by atoms with van der Waals surface area (Å²) in [6, 6.07) is 7.22. The lowest BCUT2D eigenvalue weighted by atomic mass is 9.57. The Bertz CT molecular complexity index is 1680. The number of primary amides is 2. The van der Waals surface area contributed by atoms with E-state index in [2.05, 4.69) is 5.32 Å². The first-order valence-electron chi connectivity index (χ1n) is 13.9. The number of nitrogens with two attached hydrogens (primary N) is 2. The fraction of sp³-hybridized carbons (Fsp3) is 0.355. The number of likely N-dealkylation sites (N-methyl/N-ethyl adjacent to an activating group) is 1. The SMILES string of the molecule is COc1ccc(CNCC(N)=O)cc1-c1ccc(O)c2c1C[C@H]1C[C@H]3[C@H](N(C)C)C(=O)C(C(N)=O)=C(O)[C@@]3(O)C(=O)C1=C2O. The van der Waals surface area contributed by atoms with Crippen LogP contribution in [0.25, 0.3) is 16.9 Å². The second-order valence-corrected chi connectivity index (χ2v) is 11.6. The zero-order valence-electron chi connectivity index (χ0n) is 24.4. The van der Waals surface area contributed by atoms with Gasteiger partial charge in [-0.3, -0.25) is 24.1 Å². The fourth-order valence-corrected chi connectivity index (χ4v) is 6.90. The monoisotopic (exact) mass is 606 g/mol. The number of carbonyl (C=O) groups is 4. The molecule has 0 spiro atoms. The third-order valence-corrected chi connectivity index (χ3v) is 8.79. The van der Waals surface area contributed by atoms with Crippen molar-refractivity contribution in [1.29, 1.82) is 0 Å². The molecular weight excluding hydrogens is 572 g/mol. The van der Waals surface area contributed by atoms with E-state index in [9.17, 15) is 39.6 Å². The van der Waals surface area contributed by atoms with Gasteiger partial charge in [-0.1, -0.05) is 12.1 Å². The molecule has 5 rings (SSSR count). The molecule has 2 aromatic carbocycles. The Labute approximate surface area is 252 Å². The molecule has 0 heterocycles. The number of rotatable bonds is 8. The smallest absolute Gasteiger partial charge is 0.255 e. The Morgan fingerprint density at radius 1 is 1.09 bits per heavy atom. The number of aliphatic hydroxyl groups excluding tert-OH is 2. The van der Waals surface area contributed by atoms with Crippen molar-refractivity contribution in [2.45, 2.75) is 31.0 Å². The van der Waals surface area contributed by atoms with Crippen molar-refractivity contribution >= 4 is 29.1 Å². The summed E-state index contributed by atoms with van der Waals surface area (Å²) in [5.41, 5.74) is 9.25. The third kappa shape index (κ3) is 4.60. The van der Waals surface area contributed by atoms with Crippen LogP contribution in [0.4, 0.5) is 0 Å². The molecule has 0 saturated heterocycles. The van der Waals surface area contributed by atoms with Gasteiger partial charge in [0.15, 0.2) is 11.4 Å². The summed E-state index contributed by atoms with van der Waals surface area (Å²) in [5.74, 6) is -7.18. The number of hydrogen-bond donors (Lipinski definition) is 7. The fourth-order valence-electron chi connectivity index (χ4n) is 6.90. The van der Waals surface area contributed by atoms with Crippen LogP contribution in [-0.4, -0.2) is 88.1 Å². The third-order valence-electron chi connectivity index (χ3n) is 8.79. The number of aliphatic hydroxyl groups is 3. The van der Waals surface area contributed by atoms with Gasteiger partial charge in [-0.25, -0.2) is 0 Å². The molecule has 232 valence electrons. The van der Waals surface area contributed by atoms with Gasteiger partial charge >= 0.3 is 0 Å². The molecule has 0 unspecified atom stereocenters. The Morgan fingerprint density at radius 2 is 1.80 bits per heavy atom. The zero-order chi connectivity index (χ0) is 32.2. The molecule has 44 heavy (non-hydrogen) atoms. The molecule has 4 atom stereocenters. The number of carbonyl (C=O) groups excluding carboxylic acids is 4. The van der Waals surface area contributed by atoms with Crippen molar-refractivity contribution < 1.29 is 44.3 Å².